The Hall–Kier alpha value is -2.36. The van der Waals surface area contributed by atoms with Crippen LogP contribution in [0.4, 0.5) is 0 Å². The van der Waals surface area contributed by atoms with Gasteiger partial charge in [-0.25, -0.2) is 14.5 Å². The van der Waals surface area contributed by atoms with Crippen molar-refractivity contribution in [2.75, 3.05) is 0 Å². The molecule has 2 unspecified atom stereocenters. The fourth-order valence-corrected chi connectivity index (χ4v) is 4.07. The van der Waals surface area contributed by atoms with Gasteiger partial charge in [0.05, 0.1) is 5.69 Å². The molecule has 28 heavy (non-hydrogen) atoms. The number of allylic oxidation sites excluding steroid dienone is 2. The van der Waals surface area contributed by atoms with E-state index in [0.717, 1.165) is 23.8 Å². The highest BCUT2D eigenvalue weighted by atomic mass is 15.1. The first-order valence-corrected chi connectivity index (χ1v) is 10.3. The van der Waals surface area contributed by atoms with Crippen molar-refractivity contribution in [1.82, 2.24) is 15.0 Å². The highest BCUT2D eigenvalue weighted by molar-refractivity contribution is 5.43. The van der Waals surface area contributed by atoms with E-state index in [0.29, 0.717) is 17.9 Å². The van der Waals surface area contributed by atoms with Gasteiger partial charge in [0.15, 0.2) is 11.5 Å². The average molecular weight is 378 g/mol. The number of hydrogen-bond donors (Lipinski definition) is 0. The summed E-state index contributed by atoms with van der Waals surface area (Å²) in [5.74, 6) is 2.71. The first kappa shape index (κ1) is 20.4. The second-order valence-electron chi connectivity index (χ2n) is 8.18. The topological polar surface area (TPSA) is 42.5 Å². The van der Waals surface area contributed by atoms with E-state index in [-0.39, 0.29) is 0 Å². The SMILES string of the molecule is CC=Cc1nc(C)c(C)c(C2CC2[n+]2c(C=CC)nc(C(C)C)c(C)c2C)n1. The third-order valence-electron chi connectivity index (χ3n) is 5.83. The highest BCUT2D eigenvalue weighted by Crippen LogP contribution is 2.49. The number of hydrogen-bond acceptors (Lipinski definition) is 3. The molecule has 1 saturated carbocycles. The molecule has 1 fully saturated rings. The Morgan fingerprint density at radius 2 is 1.61 bits per heavy atom. The van der Waals surface area contributed by atoms with Gasteiger partial charge in [0.1, 0.15) is 11.7 Å². The molecular weight excluding hydrogens is 344 g/mol. The van der Waals surface area contributed by atoms with Crippen LogP contribution in [-0.2, 0) is 0 Å². The van der Waals surface area contributed by atoms with Crippen molar-refractivity contribution < 1.29 is 4.57 Å². The summed E-state index contributed by atoms with van der Waals surface area (Å²) in [4.78, 5) is 14.5. The van der Waals surface area contributed by atoms with Crippen molar-refractivity contribution in [3.05, 3.63) is 57.7 Å². The Balaban J connectivity index is 2.07. The predicted molar refractivity (Wildman–Crippen MR) is 115 cm³/mol. The maximum absolute atomic E-state index is 5.03. The van der Waals surface area contributed by atoms with Crippen molar-refractivity contribution >= 4 is 12.2 Å². The molecule has 148 valence electrons. The predicted octanol–water partition coefficient (Wildman–Crippen LogP) is 5.31. The Morgan fingerprint density at radius 3 is 2.21 bits per heavy atom. The molecule has 0 amide bonds. The first-order valence-electron chi connectivity index (χ1n) is 10.3. The molecule has 2 aromatic heterocycles. The van der Waals surface area contributed by atoms with E-state index in [1.54, 1.807) is 0 Å². The molecule has 0 spiro atoms. The standard InChI is InChI=1S/C24H33N4/c1-9-11-21-25-17(7)15(5)24(26-21)19-13-20(19)28-18(8)16(6)23(14(3)4)27-22(28)12-10-2/h9-12,14,19-20H,13H2,1-8H3/q+1. The fourth-order valence-electron chi connectivity index (χ4n) is 4.07. The molecule has 0 aromatic carbocycles. The summed E-state index contributed by atoms with van der Waals surface area (Å²) in [5, 5.41) is 0. The maximum Gasteiger partial charge on any atom is 0.323 e. The van der Waals surface area contributed by atoms with Crippen LogP contribution in [0.5, 0.6) is 0 Å². The lowest BCUT2D eigenvalue weighted by molar-refractivity contribution is -0.712. The maximum atomic E-state index is 5.03. The molecular formula is C24H33N4+. The Bertz CT molecular complexity index is 954. The number of aryl methyl sites for hydroxylation is 1. The number of rotatable bonds is 5. The van der Waals surface area contributed by atoms with E-state index in [1.807, 2.05) is 19.1 Å². The van der Waals surface area contributed by atoms with Crippen LogP contribution in [0.15, 0.2) is 12.2 Å². The third-order valence-corrected chi connectivity index (χ3v) is 5.83. The van der Waals surface area contributed by atoms with Crippen molar-refractivity contribution in [1.29, 1.82) is 0 Å². The lowest BCUT2D eigenvalue weighted by Crippen LogP contribution is -2.42. The van der Waals surface area contributed by atoms with Crippen LogP contribution in [-0.4, -0.2) is 15.0 Å². The highest BCUT2D eigenvalue weighted by Gasteiger charge is 2.48. The van der Waals surface area contributed by atoms with Crippen LogP contribution < -0.4 is 4.57 Å². The zero-order chi connectivity index (χ0) is 20.6. The van der Waals surface area contributed by atoms with Gasteiger partial charge in [0, 0.05) is 35.6 Å². The first-order chi connectivity index (χ1) is 13.3. The molecule has 0 N–H and O–H groups in total. The molecule has 0 bridgehead atoms. The minimum atomic E-state index is 0.407. The zero-order valence-corrected chi connectivity index (χ0v) is 18.5. The molecule has 4 nitrogen and oxygen atoms in total. The molecule has 4 heteroatoms. The summed E-state index contributed by atoms with van der Waals surface area (Å²) in [6.45, 7) is 17.2. The van der Waals surface area contributed by atoms with E-state index < -0.39 is 0 Å². The zero-order valence-electron chi connectivity index (χ0n) is 18.5. The minimum Gasteiger partial charge on any atom is -0.234 e. The molecule has 2 aromatic rings. The van der Waals surface area contributed by atoms with Crippen molar-refractivity contribution in [3.63, 3.8) is 0 Å². The monoisotopic (exact) mass is 377 g/mol. The lowest BCUT2D eigenvalue weighted by Gasteiger charge is -2.13. The van der Waals surface area contributed by atoms with Gasteiger partial charge in [-0.05, 0) is 58.2 Å². The Labute approximate surface area is 169 Å². The molecule has 0 radical (unpaired) electrons. The molecule has 0 saturated heterocycles. The van der Waals surface area contributed by atoms with Crippen molar-refractivity contribution in [2.45, 2.75) is 79.7 Å². The van der Waals surface area contributed by atoms with Crippen LogP contribution in [0.2, 0.25) is 0 Å². The third kappa shape index (κ3) is 3.65. The summed E-state index contributed by atoms with van der Waals surface area (Å²) in [5.41, 5.74) is 7.30. The quantitative estimate of drug-likeness (QED) is 0.663. The summed E-state index contributed by atoms with van der Waals surface area (Å²) in [7, 11) is 0. The van der Waals surface area contributed by atoms with Crippen LogP contribution in [0.3, 0.4) is 0 Å². The average Bonchev–Trinajstić information content (AvgIpc) is 3.41. The van der Waals surface area contributed by atoms with E-state index in [9.17, 15) is 0 Å². The van der Waals surface area contributed by atoms with Gasteiger partial charge >= 0.3 is 5.82 Å². The Morgan fingerprint density at radius 1 is 0.929 bits per heavy atom. The van der Waals surface area contributed by atoms with E-state index in [1.165, 1.54) is 28.2 Å². The van der Waals surface area contributed by atoms with Gasteiger partial charge in [-0.2, -0.15) is 0 Å². The molecule has 3 rings (SSSR count). The Kier molecular flexibility index (Phi) is 5.78. The van der Waals surface area contributed by atoms with Gasteiger partial charge in [0.25, 0.3) is 0 Å². The van der Waals surface area contributed by atoms with Crippen LogP contribution in [0, 0.1) is 27.7 Å². The lowest BCUT2D eigenvalue weighted by atomic mass is 10.0. The van der Waals surface area contributed by atoms with Crippen molar-refractivity contribution in [2.24, 2.45) is 0 Å². The van der Waals surface area contributed by atoms with E-state index in [4.69, 9.17) is 9.97 Å². The normalized spacial score (nSPS) is 19.3. The molecule has 2 atom stereocenters. The second-order valence-corrected chi connectivity index (χ2v) is 8.18. The van der Waals surface area contributed by atoms with Gasteiger partial charge in [-0.3, -0.25) is 0 Å². The van der Waals surface area contributed by atoms with E-state index >= 15 is 0 Å². The summed E-state index contributed by atoms with van der Waals surface area (Å²) in [6, 6.07) is 0.407. The van der Waals surface area contributed by atoms with Crippen molar-refractivity contribution in [3.8, 4) is 0 Å². The number of aromatic nitrogens is 4. The fraction of sp³-hybridized carbons (Fsp3) is 0.500. The largest absolute Gasteiger partial charge is 0.323 e. The van der Waals surface area contributed by atoms with Gasteiger partial charge in [-0.15, -0.1) is 0 Å². The molecule has 1 aliphatic rings. The molecule has 2 heterocycles. The summed E-state index contributed by atoms with van der Waals surface area (Å²) in [6.07, 6.45) is 9.31. The summed E-state index contributed by atoms with van der Waals surface area (Å²) >= 11 is 0. The van der Waals surface area contributed by atoms with E-state index in [2.05, 4.69) is 70.2 Å². The molecule has 0 aliphatic heterocycles. The van der Waals surface area contributed by atoms with Crippen LogP contribution >= 0.6 is 0 Å². The van der Waals surface area contributed by atoms with Gasteiger partial charge in [0.2, 0.25) is 0 Å². The minimum absolute atomic E-state index is 0.407. The van der Waals surface area contributed by atoms with Gasteiger partial charge in [-0.1, -0.05) is 26.0 Å². The smallest absolute Gasteiger partial charge is 0.234 e. The number of nitrogens with zero attached hydrogens (tertiary/aromatic N) is 4. The second kappa shape index (κ2) is 7.94. The van der Waals surface area contributed by atoms with Crippen LogP contribution in [0.1, 0.15) is 97.5 Å². The molecule has 1 aliphatic carbocycles. The van der Waals surface area contributed by atoms with Gasteiger partial charge < -0.3 is 0 Å². The summed E-state index contributed by atoms with van der Waals surface area (Å²) < 4.78 is 2.43. The van der Waals surface area contributed by atoms with Crippen LogP contribution in [0.25, 0.3) is 12.2 Å².